The summed E-state index contributed by atoms with van der Waals surface area (Å²) < 4.78 is 1.13. The van der Waals surface area contributed by atoms with Gasteiger partial charge in [0.1, 0.15) is 0 Å². The number of benzene rings is 1. The molecule has 1 heterocycles. The normalized spacial score (nSPS) is 16.1. The second-order valence-corrected chi connectivity index (χ2v) is 6.59. The second-order valence-electron chi connectivity index (χ2n) is 5.79. The molecule has 0 saturated carbocycles. The third kappa shape index (κ3) is 4.20. The first-order chi connectivity index (χ1) is 10.0. The molecule has 1 atom stereocenters. The zero-order chi connectivity index (χ0) is 15.4. The Morgan fingerprint density at radius 1 is 1.33 bits per heavy atom. The monoisotopic (exact) mass is 353 g/mol. The van der Waals surface area contributed by atoms with Crippen LogP contribution in [0.4, 0.5) is 5.69 Å². The summed E-state index contributed by atoms with van der Waals surface area (Å²) in [6.45, 7) is 6.37. The number of hydrogen-bond donors (Lipinski definition) is 2. The molecular weight excluding hydrogens is 330 g/mol. The van der Waals surface area contributed by atoms with Crippen LogP contribution in [0.25, 0.3) is 0 Å². The van der Waals surface area contributed by atoms with Crippen molar-refractivity contribution in [2.75, 3.05) is 25.0 Å². The molecule has 3 N–H and O–H groups in total. The molecule has 2 rings (SSSR count). The van der Waals surface area contributed by atoms with Crippen LogP contribution in [0.5, 0.6) is 0 Å². The number of amides is 1. The maximum atomic E-state index is 12.2. The van der Waals surface area contributed by atoms with Crippen molar-refractivity contribution < 1.29 is 4.79 Å². The first-order valence-corrected chi connectivity index (χ1v) is 8.31. The smallest absolute Gasteiger partial charge is 0.224 e. The molecule has 0 bridgehead atoms. The van der Waals surface area contributed by atoms with Crippen LogP contribution in [0.1, 0.15) is 30.4 Å². The maximum Gasteiger partial charge on any atom is 0.224 e. The van der Waals surface area contributed by atoms with E-state index in [1.807, 2.05) is 4.90 Å². The van der Waals surface area contributed by atoms with E-state index in [0.29, 0.717) is 13.0 Å². The Bertz CT molecular complexity index is 489. The summed E-state index contributed by atoms with van der Waals surface area (Å²) in [6.07, 6.45) is 2.71. The topological polar surface area (TPSA) is 58.4 Å². The zero-order valence-corrected chi connectivity index (χ0v) is 14.4. The van der Waals surface area contributed by atoms with Gasteiger partial charge in [0, 0.05) is 42.3 Å². The largest absolute Gasteiger partial charge is 0.381 e. The summed E-state index contributed by atoms with van der Waals surface area (Å²) in [5, 5.41) is 3.40. The Kier molecular flexibility index (Phi) is 5.65. The quantitative estimate of drug-likeness (QED) is 0.855. The van der Waals surface area contributed by atoms with Crippen molar-refractivity contribution in [3.8, 4) is 0 Å². The van der Waals surface area contributed by atoms with Gasteiger partial charge in [-0.05, 0) is 49.9 Å². The minimum atomic E-state index is -0.0157. The van der Waals surface area contributed by atoms with Crippen LogP contribution in [-0.4, -0.2) is 36.5 Å². The highest BCUT2D eigenvalue weighted by Crippen LogP contribution is 2.25. The average Bonchev–Trinajstić information content (AvgIpc) is 2.98. The lowest BCUT2D eigenvalue weighted by Crippen LogP contribution is -2.37. The molecule has 1 unspecified atom stereocenters. The van der Waals surface area contributed by atoms with Crippen LogP contribution in [0.15, 0.2) is 16.6 Å². The Labute approximate surface area is 135 Å². The number of halogens is 1. The third-order valence-electron chi connectivity index (χ3n) is 3.97. The second kappa shape index (κ2) is 7.27. The maximum absolute atomic E-state index is 12.2. The van der Waals surface area contributed by atoms with Gasteiger partial charge >= 0.3 is 0 Å². The molecule has 1 fully saturated rings. The molecule has 5 heteroatoms. The minimum Gasteiger partial charge on any atom is -0.381 e. The van der Waals surface area contributed by atoms with Gasteiger partial charge in [0.2, 0.25) is 5.91 Å². The third-order valence-corrected chi connectivity index (χ3v) is 5.22. The number of carbonyl (C=O) groups excluding carboxylic acids is 1. The highest BCUT2D eigenvalue weighted by atomic mass is 79.9. The van der Waals surface area contributed by atoms with Crippen LogP contribution in [0.3, 0.4) is 0 Å². The van der Waals surface area contributed by atoms with Gasteiger partial charge in [-0.2, -0.15) is 0 Å². The molecule has 116 valence electrons. The first-order valence-electron chi connectivity index (χ1n) is 7.52. The van der Waals surface area contributed by atoms with Crippen LogP contribution in [0.2, 0.25) is 0 Å². The Hall–Kier alpha value is -1.07. The Morgan fingerprint density at radius 3 is 2.43 bits per heavy atom. The van der Waals surface area contributed by atoms with Gasteiger partial charge in [0.05, 0.1) is 0 Å². The molecule has 1 amide bonds. The predicted molar refractivity (Wildman–Crippen MR) is 90.5 cm³/mol. The molecule has 0 aliphatic carbocycles. The van der Waals surface area contributed by atoms with E-state index in [1.165, 1.54) is 11.1 Å². The van der Waals surface area contributed by atoms with Crippen LogP contribution in [-0.2, 0) is 4.79 Å². The van der Waals surface area contributed by atoms with E-state index >= 15 is 0 Å². The highest BCUT2D eigenvalue weighted by molar-refractivity contribution is 9.10. The van der Waals surface area contributed by atoms with Crippen molar-refractivity contribution in [3.63, 3.8) is 0 Å². The minimum absolute atomic E-state index is 0.0157. The lowest BCUT2D eigenvalue weighted by Gasteiger charge is -2.22. The summed E-state index contributed by atoms with van der Waals surface area (Å²) in [5.74, 6) is 0.209. The van der Waals surface area contributed by atoms with Crippen molar-refractivity contribution in [2.24, 2.45) is 5.73 Å². The fourth-order valence-electron chi connectivity index (χ4n) is 2.76. The summed E-state index contributed by atoms with van der Waals surface area (Å²) in [6, 6.07) is 4.15. The van der Waals surface area contributed by atoms with Gasteiger partial charge in [0.15, 0.2) is 0 Å². The summed E-state index contributed by atoms with van der Waals surface area (Å²) in [5.41, 5.74) is 9.22. The summed E-state index contributed by atoms with van der Waals surface area (Å²) in [7, 11) is 0. The predicted octanol–water partition coefficient (Wildman–Crippen LogP) is 2.82. The lowest BCUT2D eigenvalue weighted by molar-refractivity contribution is -0.130. The molecule has 4 nitrogen and oxygen atoms in total. The van der Waals surface area contributed by atoms with Gasteiger partial charge in [-0.25, -0.2) is 0 Å². The molecule has 0 radical (unpaired) electrons. The standard InChI is InChI=1S/C16H24BrN3O/c1-11-7-13(8-12(2)16(11)17)19-14(10-18)9-15(21)20-5-3-4-6-20/h7-8,14,19H,3-6,9-10,18H2,1-2H3. The molecular formula is C16H24BrN3O. The van der Waals surface area contributed by atoms with E-state index in [-0.39, 0.29) is 11.9 Å². The van der Waals surface area contributed by atoms with E-state index in [4.69, 9.17) is 5.73 Å². The SMILES string of the molecule is Cc1cc(NC(CN)CC(=O)N2CCCC2)cc(C)c1Br. The van der Waals surface area contributed by atoms with E-state index in [2.05, 4.69) is 47.2 Å². The van der Waals surface area contributed by atoms with Crippen molar-refractivity contribution in [3.05, 3.63) is 27.7 Å². The number of hydrogen-bond acceptors (Lipinski definition) is 3. The van der Waals surface area contributed by atoms with E-state index in [0.717, 1.165) is 36.1 Å². The molecule has 1 saturated heterocycles. The van der Waals surface area contributed by atoms with Crippen LogP contribution < -0.4 is 11.1 Å². The average molecular weight is 354 g/mol. The number of anilines is 1. The van der Waals surface area contributed by atoms with Gasteiger partial charge < -0.3 is 16.0 Å². The number of nitrogens with two attached hydrogens (primary N) is 1. The first kappa shape index (κ1) is 16.3. The number of nitrogens with zero attached hydrogens (tertiary/aromatic N) is 1. The molecule has 1 aliphatic rings. The van der Waals surface area contributed by atoms with Crippen molar-refractivity contribution >= 4 is 27.5 Å². The van der Waals surface area contributed by atoms with Crippen molar-refractivity contribution in [1.82, 2.24) is 4.90 Å². The number of nitrogens with one attached hydrogen (secondary N) is 1. The van der Waals surface area contributed by atoms with E-state index in [9.17, 15) is 4.79 Å². The Balaban J connectivity index is 2.00. The van der Waals surface area contributed by atoms with E-state index < -0.39 is 0 Å². The molecule has 1 aliphatic heterocycles. The fourth-order valence-corrected chi connectivity index (χ4v) is 2.99. The van der Waals surface area contributed by atoms with Crippen LogP contribution in [0, 0.1) is 13.8 Å². The lowest BCUT2D eigenvalue weighted by atomic mass is 10.1. The molecule has 21 heavy (non-hydrogen) atoms. The number of aryl methyl sites for hydroxylation is 2. The van der Waals surface area contributed by atoms with Crippen molar-refractivity contribution in [2.45, 2.75) is 39.2 Å². The summed E-state index contributed by atoms with van der Waals surface area (Å²) >= 11 is 3.57. The number of carbonyl (C=O) groups is 1. The van der Waals surface area contributed by atoms with Crippen molar-refractivity contribution in [1.29, 1.82) is 0 Å². The van der Waals surface area contributed by atoms with Crippen LogP contribution >= 0.6 is 15.9 Å². The van der Waals surface area contributed by atoms with Gasteiger partial charge in [0.25, 0.3) is 0 Å². The fraction of sp³-hybridized carbons (Fsp3) is 0.562. The molecule has 0 spiro atoms. The molecule has 0 aromatic heterocycles. The number of likely N-dealkylation sites (tertiary alicyclic amines) is 1. The van der Waals surface area contributed by atoms with Gasteiger partial charge in [-0.1, -0.05) is 15.9 Å². The number of rotatable bonds is 5. The molecule has 1 aromatic carbocycles. The summed E-state index contributed by atoms with van der Waals surface area (Å²) in [4.78, 5) is 14.2. The van der Waals surface area contributed by atoms with Gasteiger partial charge in [-0.15, -0.1) is 0 Å². The van der Waals surface area contributed by atoms with Gasteiger partial charge in [-0.3, -0.25) is 4.79 Å². The zero-order valence-electron chi connectivity index (χ0n) is 12.8. The molecule has 1 aromatic rings. The highest BCUT2D eigenvalue weighted by Gasteiger charge is 2.21. The Morgan fingerprint density at radius 2 is 1.90 bits per heavy atom. The van der Waals surface area contributed by atoms with E-state index in [1.54, 1.807) is 0 Å².